The number of nitrogens with zero attached hydrogens (tertiary/aromatic N) is 5. The second-order valence-electron chi connectivity index (χ2n) is 9.79. The number of hydrogen-bond donors (Lipinski definition) is 3. The van der Waals surface area contributed by atoms with Crippen LogP contribution in [0, 0.1) is 17.7 Å². The van der Waals surface area contributed by atoms with Gasteiger partial charge in [0.1, 0.15) is 11.9 Å². The number of amides is 2. The molecule has 11 nitrogen and oxygen atoms in total. The predicted molar refractivity (Wildman–Crippen MR) is 165 cm³/mol. The highest BCUT2D eigenvalue weighted by Crippen LogP contribution is 2.22. The number of anilines is 4. The lowest BCUT2D eigenvalue weighted by molar-refractivity contribution is -0.135. The fourth-order valence-electron chi connectivity index (χ4n) is 3.58. The molecule has 0 spiro atoms. The molecule has 12 heteroatoms. The molecule has 2 heterocycles. The number of methoxy groups -OCH3 is 1. The van der Waals surface area contributed by atoms with Gasteiger partial charge in [-0.05, 0) is 51.7 Å². The first-order valence-electron chi connectivity index (χ1n) is 13.7. The molecule has 0 aliphatic heterocycles. The van der Waals surface area contributed by atoms with Crippen molar-refractivity contribution in [2.75, 3.05) is 52.0 Å². The van der Waals surface area contributed by atoms with Crippen molar-refractivity contribution in [1.82, 2.24) is 30.1 Å². The fraction of sp³-hybridized carbons (Fsp3) is 0.323. The molecular weight excluding hydrogens is 551 g/mol. The third-order valence-electron chi connectivity index (χ3n) is 6.12. The molecule has 0 saturated heterocycles. The molecule has 2 amide bonds. The van der Waals surface area contributed by atoms with Crippen LogP contribution in [-0.4, -0.2) is 84.0 Å². The number of hydrogen-bond acceptors (Lipinski definition) is 9. The van der Waals surface area contributed by atoms with E-state index in [1.807, 2.05) is 19.0 Å². The topological polar surface area (TPSA) is 125 Å². The molecule has 43 heavy (non-hydrogen) atoms. The zero-order chi connectivity index (χ0) is 31.2. The smallest absolute Gasteiger partial charge is 0.246 e. The fourth-order valence-corrected chi connectivity index (χ4v) is 3.58. The Bertz CT molecular complexity index is 1470. The van der Waals surface area contributed by atoms with Gasteiger partial charge in [0.2, 0.25) is 23.6 Å². The molecule has 3 aromatic rings. The lowest BCUT2D eigenvalue weighted by atomic mass is 10.2. The Morgan fingerprint density at radius 2 is 1.91 bits per heavy atom. The summed E-state index contributed by atoms with van der Waals surface area (Å²) in [5.41, 5.74) is 1.71. The molecule has 1 atom stereocenters. The van der Waals surface area contributed by atoms with E-state index in [2.05, 4.69) is 42.7 Å². The average Bonchev–Trinajstić information content (AvgIpc) is 2.99. The van der Waals surface area contributed by atoms with Crippen molar-refractivity contribution in [3.05, 3.63) is 72.3 Å². The third kappa shape index (κ3) is 10.7. The van der Waals surface area contributed by atoms with E-state index in [0.29, 0.717) is 54.6 Å². The van der Waals surface area contributed by atoms with Crippen molar-refractivity contribution >= 4 is 35.0 Å². The van der Waals surface area contributed by atoms with Crippen LogP contribution in [0.1, 0.15) is 25.3 Å². The monoisotopic (exact) mass is 588 g/mol. The number of pyridine rings is 1. The number of ether oxygens (including phenoxy) is 1. The highest BCUT2D eigenvalue weighted by atomic mass is 19.1. The molecule has 0 saturated carbocycles. The Morgan fingerprint density at radius 3 is 2.60 bits per heavy atom. The van der Waals surface area contributed by atoms with Crippen molar-refractivity contribution in [1.29, 1.82) is 0 Å². The summed E-state index contributed by atoms with van der Waals surface area (Å²) < 4.78 is 18.8. The lowest BCUT2D eigenvalue weighted by Gasteiger charge is -2.23. The molecule has 3 N–H and O–H groups in total. The number of likely N-dealkylation sites (N-methyl/N-ethyl adjacent to an activating group) is 2. The maximum absolute atomic E-state index is 13.6. The van der Waals surface area contributed by atoms with E-state index in [4.69, 9.17) is 4.74 Å². The average molecular weight is 589 g/mol. The molecule has 2 aromatic heterocycles. The zero-order valence-corrected chi connectivity index (χ0v) is 25.0. The number of benzene rings is 1. The first kappa shape index (κ1) is 32.5. The minimum atomic E-state index is -0.611. The van der Waals surface area contributed by atoms with Gasteiger partial charge in [-0.3, -0.25) is 9.59 Å². The number of nitrogens with one attached hydrogen (secondary N) is 3. The van der Waals surface area contributed by atoms with Crippen LogP contribution in [-0.2, 0) is 9.59 Å². The normalized spacial score (nSPS) is 11.4. The molecule has 0 bridgehead atoms. The van der Waals surface area contributed by atoms with Crippen molar-refractivity contribution < 1.29 is 18.7 Å². The Kier molecular flexibility index (Phi) is 12.4. The molecule has 0 fully saturated rings. The van der Waals surface area contributed by atoms with Gasteiger partial charge < -0.3 is 30.5 Å². The van der Waals surface area contributed by atoms with Gasteiger partial charge in [-0.1, -0.05) is 24.0 Å². The van der Waals surface area contributed by atoms with Crippen LogP contribution in [0.15, 0.2) is 60.9 Å². The Balaban J connectivity index is 1.60. The van der Waals surface area contributed by atoms with Gasteiger partial charge in [-0.15, -0.1) is 0 Å². The number of carbonyl (C=O) groups excluding carboxylic acids is 2. The van der Waals surface area contributed by atoms with Crippen LogP contribution >= 0.6 is 0 Å². The summed E-state index contributed by atoms with van der Waals surface area (Å²) >= 11 is 0. The molecule has 226 valence electrons. The summed E-state index contributed by atoms with van der Waals surface area (Å²) in [6, 6.07) is 8.89. The standard InChI is InChI=1S/C31H37FN8O3/c1-22(40(4)28(41)14-10-18-39(2)3)30(42)33-17-8-6-7-11-23-20-35-31(37-25-13-9-12-24(32)19-25)38-29(23)36-26-15-16-27(43-5)34-21-26/h9-10,12-16,19-22H,6,8,17-18H2,1-5H3,(H,33,42)(H2,35,36,37,38)/b14-10+/t22-/m0/s1. The van der Waals surface area contributed by atoms with Gasteiger partial charge in [-0.25, -0.2) is 14.4 Å². The maximum atomic E-state index is 13.6. The van der Waals surface area contributed by atoms with E-state index in [9.17, 15) is 14.0 Å². The van der Waals surface area contributed by atoms with Gasteiger partial charge in [0.25, 0.3) is 0 Å². The molecule has 0 radical (unpaired) electrons. The number of aromatic nitrogens is 3. The molecule has 0 unspecified atom stereocenters. The van der Waals surface area contributed by atoms with Gasteiger partial charge in [0.15, 0.2) is 5.82 Å². The molecule has 0 aliphatic rings. The van der Waals surface area contributed by atoms with E-state index in [-0.39, 0.29) is 23.6 Å². The highest BCUT2D eigenvalue weighted by molar-refractivity contribution is 5.92. The van der Waals surface area contributed by atoms with Crippen LogP contribution in [0.2, 0.25) is 0 Å². The second-order valence-corrected chi connectivity index (χ2v) is 9.79. The van der Waals surface area contributed by atoms with E-state index >= 15 is 0 Å². The van der Waals surface area contributed by atoms with Crippen LogP contribution in [0.4, 0.5) is 27.5 Å². The van der Waals surface area contributed by atoms with Crippen LogP contribution in [0.3, 0.4) is 0 Å². The van der Waals surface area contributed by atoms with E-state index in [0.717, 1.165) is 0 Å². The summed E-state index contributed by atoms with van der Waals surface area (Å²) in [7, 11) is 6.96. The minimum absolute atomic E-state index is 0.232. The largest absolute Gasteiger partial charge is 0.481 e. The molecular formula is C31H37FN8O3. The number of halogens is 1. The second kappa shape index (κ2) is 16.4. The summed E-state index contributed by atoms with van der Waals surface area (Å²) in [6.45, 7) is 2.73. The van der Waals surface area contributed by atoms with Gasteiger partial charge in [-0.2, -0.15) is 4.98 Å². The highest BCUT2D eigenvalue weighted by Gasteiger charge is 2.20. The first-order valence-corrected chi connectivity index (χ1v) is 13.7. The van der Waals surface area contributed by atoms with Crippen LogP contribution in [0.5, 0.6) is 5.88 Å². The Morgan fingerprint density at radius 1 is 1.09 bits per heavy atom. The lowest BCUT2D eigenvalue weighted by Crippen LogP contribution is -2.45. The van der Waals surface area contributed by atoms with E-state index in [1.165, 1.54) is 30.2 Å². The number of rotatable bonds is 13. The maximum Gasteiger partial charge on any atom is 0.246 e. The van der Waals surface area contributed by atoms with Crippen LogP contribution in [0.25, 0.3) is 0 Å². The zero-order valence-electron chi connectivity index (χ0n) is 25.0. The molecule has 0 aliphatic carbocycles. The van der Waals surface area contributed by atoms with Gasteiger partial charge >= 0.3 is 0 Å². The Labute approximate surface area is 251 Å². The predicted octanol–water partition coefficient (Wildman–Crippen LogP) is 3.72. The summed E-state index contributed by atoms with van der Waals surface area (Å²) in [5, 5.41) is 9.05. The molecule has 3 rings (SSSR count). The number of carbonyl (C=O) groups is 2. The number of unbranched alkanes of at least 4 members (excludes halogenated alkanes) is 1. The third-order valence-corrected chi connectivity index (χ3v) is 6.12. The minimum Gasteiger partial charge on any atom is -0.481 e. The summed E-state index contributed by atoms with van der Waals surface area (Å²) in [6.07, 6.45) is 7.52. The van der Waals surface area contributed by atoms with Crippen LogP contribution < -0.4 is 20.7 Å². The molecule has 1 aromatic carbocycles. The van der Waals surface area contributed by atoms with E-state index < -0.39 is 6.04 Å². The van der Waals surface area contributed by atoms with Crippen molar-refractivity contribution in [2.24, 2.45) is 0 Å². The van der Waals surface area contributed by atoms with Crippen molar-refractivity contribution in [3.8, 4) is 17.7 Å². The SMILES string of the molecule is COc1ccc(Nc2nc(Nc3cccc(F)c3)ncc2C#CCCCNC(=O)[C@H](C)N(C)C(=O)/C=C/CN(C)C)cn1. The van der Waals surface area contributed by atoms with Crippen molar-refractivity contribution in [2.45, 2.75) is 25.8 Å². The summed E-state index contributed by atoms with van der Waals surface area (Å²) in [5.74, 6) is 6.49. The quantitative estimate of drug-likeness (QED) is 0.156. The first-order chi connectivity index (χ1) is 20.7. The van der Waals surface area contributed by atoms with E-state index in [1.54, 1.807) is 56.7 Å². The van der Waals surface area contributed by atoms with Gasteiger partial charge in [0.05, 0.1) is 30.8 Å². The van der Waals surface area contributed by atoms with Crippen molar-refractivity contribution in [3.63, 3.8) is 0 Å². The van der Waals surface area contributed by atoms with Gasteiger partial charge in [0, 0.05) is 44.4 Å². The summed E-state index contributed by atoms with van der Waals surface area (Å²) in [4.78, 5) is 41.2. The Hall–Kier alpha value is -5.02.